The molecule has 0 fully saturated rings. The number of urea groups is 1. The van der Waals surface area contributed by atoms with E-state index in [4.69, 9.17) is 4.74 Å². The molecule has 0 atom stereocenters. The summed E-state index contributed by atoms with van der Waals surface area (Å²) in [5.74, 6) is -0.496. The molecule has 6 heteroatoms. The summed E-state index contributed by atoms with van der Waals surface area (Å²) in [5, 5.41) is 14.5. The summed E-state index contributed by atoms with van der Waals surface area (Å²) in [5.41, 5.74) is -0.756. The summed E-state index contributed by atoms with van der Waals surface area (Å²) in [6.45, 7) is 5.78. The van der Waals surface area contributed by atoms with E-state index in [0.717, 1.165) is 0 Å². The van der Waals surface area contributed by atoms with Crippen LogP contribution in [0.5, 0.6) is 5.75 Å². The van der Waals surface area contributed by atoms with E-state index in [2.05, 4.69) is 10.6 Å². The van der Waals surface area contributed by atoms with Gasteiger partial charge in [-0.15, -0.1) is 0 Å². The number of rotatable bonds is 7. The summed E-state index contributed by atoms with van der Waals surface area (Å²) in [6, 6.07) is 6.44. The van der Waals surface area contributed by atoms with Gasteiger partial charge < -0.3 is 20.5 Å². The summed E-state index contributed by atoms with van der Waals surface area (Å²) < 4.78 is 5.41. The van der Waals surface area contributed by atoms with Crippen LogP contribution >= 0.6 is 0 Å². The molecule has 2 amide bonds. The number of aliphatic carboxylic acids is 1. The van der Waals surface area contributed by atoms with Gasteiger partial charge >= 0.3 is 12.0 Å². The number of hydrogen-bond donors (Lipinski definition) is 3. The number of carboxylic acids is 1. The highest BCUT2D eigenvalue weighted by Crippen LogP contribution is 2.24. The molecule has 6 nitrogen and oxygen atoms in total. The van der Waals surface area contributed by atoms with Crippen LogP contribution < -0.4 is 15.4 Å². The first-order valence-corrected chi connectivity index (χ1v) is 7.03. The lowest BCUT2D eigenvalue weighted by molar-refractivity contribution is -0.144. The Morgan fingerprint density at radius 2 is 1.81 bits per heavy atom. The van der Waals surface area contributed by atoms with E-state index in [-0.39, 0.29) is 0 Å². The van der Waals surface area contributed by atoms with Crippen molar-refractivity contribution in [2.24, 2.45) is 0 Å². The number of carbonyl (C=O) groups excluding carboxylic acids is 1. The highest BCUT2D eigenvalue weighted by Gasteiger charge is 2.36. The van der Waals surface area contributed by atoms with Crippen LogP contribution in [0.2, 0.25) is 0 Å². The van der Waals surface area contributed by atoms with Crippen molar-refractivity contribution in [3.63, 3.8) is 0 Å². The van der Waals surface area contributed by atoms with Gasteiger partial charge in [-0.3, -0.25) is 0 Å². The van der Waals surface area contributed by atoms with Gasteiger partial charge in [-0.25, -0.2) is 9.59 Å². The highest BCUT2D eigenvalue weighted by atomic mass is 16.5. The second-order valence-corrected chi connectivity index (χ2v) is 4.60. The number of para-hydroxylation sites is 2. The molecule has 0 saturated heterocycles. The lowest BCUT2D eigenvalue weighted by atomic mass is 9.93. The van der Waals surface area contributed by atoms with Gasteiger partial charge in [0.2, 0.25) is 0 Å². The van der Waals surface area contributed by atoms with Crippen molar-refractivity contribution in [2.45, 2.75) is 39.2 Å². The minimum atomic E-state index is -1.26. The minimum absolute atomic E-state index is 0.305. The molecular weight excluding hydrogens is 272 g/mol. The van der Waals surface area contributed by atoms with Crippen LogP contribution in [0.15, 0.2) is 24.3 Å². The maximum absolute atomic E-state index is 12.1. The number of carboxylic acid groups (broad SMARTS) is 1. The summed E-state index contributed by atoms with van der Waals surface area (Å²) in [7, 11) is 0. The number of carbonyl (C=O) groups is 2. The van der Waals surface area contributed by atoms with Crippen LogP contribution in [-0.4, -0.2) is 29.3 Å². The minimum Gasteiger partial charge on any atom is -0.492 e. The van der Waals surface area contributed by atoms with Gasteiger partial charge in [-0.05, 0) is 31.9 Å². The van der Waals surface area contributed by atoms with Gasteiger partial charge in [0.15, 0.2) is 0 Å². The monoisotopic (exact) mass is 294 g/mol. The van der Waals surface area contributed by atoms with Gasteiger partial charge in [0, 0.05) is 0 Å². The fourth-order valence-electron chi connectivity index (χ4n) is 2.00. The number of hydrogen-bond acceptors (Lipinski definition) is 3. The molecule has 0 bridgehead atoms. The van der Waals surface area contributed by atoms with Crippen molar-refractivity contribution < 1.29 is 19.4 Å². The Balaban J connectivity index is 2.84. The number of benzene rings is 1. The van der Waals surface area contributed by atoms with E-state index in [9.17, 15) is 14.7 Å². The van der Waals surface area contributed by atoms with Crippen LogP contribution in [0.1, 0.15) is 33.6 Å². The first kappa shape index (κ1) is 16.8. The first-order valence-electron chi connectivity index (χ1n) is 7.03. The average Bonchev–Trinajstić information content (AvgIpc) is 2.47. The summed E-state index contributed by atoms with van der Waals surface area (Å²) >= 11 is 0. The first-order chi connectivity index (χ1) is 9.99. The number of anilines is 1. The normalized spacial score (nSPS) is 10.8. The third kappa shape index (κ3) is 4.11. The molecule has 0 unspecified atom stereocenters. The molecular formula is C15H22N2O4. The number of ether oxygens (including phenoxy) is 1. The highest BCUT2D eigenvalue weighted by molar-refractivity contribution is 5.94. The fraction of sp³-hybridized carbons (Fsp3) is 0.467. The zero-order valence-corrected chi connectivity index (χ0v) is 12.6. The predicted octanol–water partition coefficient (Wildman–Crippen LogP) is 2.85. The van der Waals surface area contributed by atoms with Crippen LogP contribution in [-0.2, 0) is 4.79 Å². The lowest BCUT2D eigenvalue weighted by Gasteiger charge is -2.28. The fourth-order valence-corrected chi connectivity index (χ4v) is 2.00. The average molecular weight is 294 g/mol. The number of nitrogens with one attached hydrogen (secondary N) is 2. The Hall–Kier alpha value is -2.24. The Kier molecular flexibility index (Phi) is 6.02. The smallest absolute Gasteiger partial charge is 0.329 e. The third-order valence-corrected chi connectivity index (χ3v) is 3.40. The van der Waals surface area contributed by atoms with E-state index in [1.165, 1.54) is 0 Å². The number of amides is 2. The molecule has 1 aromatic carbocycles. The van der Waals surface area contributed by atoms with Crippen LogP contribution in [0.25, 0.3) is 0 Å². The maximum Gasteiger partial charge on any atom is 0.329 e. The zero-order chi connectivity index (χ0) is 15.9. The van der Waals surface area contributed by atoms with Gasteiger partial charge in [-0.2, -0.15) is 0 Å². The summed E-state index contributed by atoms with van der Waals surface area (Å²) in [6.07, 6.45) is 0.610. The maximum atomic E-state index is 12.1. The topological polar surface area (TPSA) is 87.7 Å². The predicted molar refractivity (Wildman–Crippen MR) is 80.7 cm³/mol. The zero-order valence-electron chi connectivity index (χ0n) is 12.6. The molecule has 0 aromatic heterocycles. The van der Waals surface area contributed by atoms with Crippen molar-refractivity contribution >= 4 is 17.7 Å². The molecule has 0 aliphatic heterocycles. The standard InChI is InChI=1S/C15H22N2O4/c1-4-15(5-2,13(18)19)17-14(20)16-11-9-7-8-10-12(11)21-6-3/h7-10H,4-6H2,1-3H3,(H,18,19)(H2,16,17,20). The van der Waals surface area contributed by atoms with Gasteiger partial charge in [0.05, 0.1) is 12.3 Å². The van der Waals surface area contributed by atoms with Gasteiger partial charge in [-0.1, -0.05) is 26.0 Å². The van der Waals surface area contributed by atoms with Crippen LogP contribution in [0, 0.1) is 0 Å². The molecule has 0 spiro atoms. The molecule has 0 aliphatic carbocycles. The molecule has 0 aliphatic rings. The second kappa shape index (κ2) is 7.52. The molecule has 0 radical (unpaired) electrons. The molecule has 1 aromatic rings. The SMILES string of the molecule is CCOc1ccccc1NC(=O)NC(CC)(CC)C(=O)O. The molecule has 116 valence electrons. The molecule has 1 rings (SSSR count). The Labute approximate surface area is 124 Å². The quantitative estimate of drug-likeness (QED) is 0.721. The van der Waals surface area contributed by atoms with E-state index < -0.39 is 17.5 Å². The summed E-state index contributed by atoms with van der Waals surface area (Å²) in [4.78, 5) is 23.4. The Morgan fingerprint density at radius 3 is 2.33 bits per heavy atom. The van der Waals surface area contributed by atoms with Crippen LogP contribution in [0.4, 0.5) is 10.5 Å². The van der Waals surface area contributed by atoms with Gasteiger partial charge in [0.25, 0.3) is 0 Å². The van der Waals surface area contributed by atoms with E-state index in [0.29, 0.717) is 30.9 Å². The van der Waals surface area contributed by atoms with E-state index in [1.807, 2.05) is 6.92 Å². The van der Waals surface area contributed by atoms with Crippen molar-refractivity contribution in [3.05, 3.63) is 24.3 Å². The Bertz CT molecular complexity index is 498. The molecule has 21 heavy (non-hydrogen) atoms. The van der Waals surface area contributed by atoms with Crippen molar-refractivity contribution in [2.75, 3.05) is 11.9 Å². The van der Waals surface area contributed by atoms with Crippen molar-refractivity contribution in [3.8, 4) is 5.75 Å². The lowest BCUT2D eigenvalue weighted by Crippen LogP contribution is -2.55. The second-order valence-electron chi connectivity index (χ2n) is 4.60. The van der Waals surface area contributed by atoms with Gasteiger partial charge in [0.1, 0.15) is 11.3 Å². The van der Waals surface area contributed by atoms with Crippen LogP contribution in [0.3, 0.4) is 0 Å². The Morgan fingerprint density at radius 1 is 1.19 bits per heavy atom. The van der Waals surface area contributed by atoms with E-state index in [1.54, 1.807) is 38.1 Å². The molecule has 0 saturated carbocycles. The van der Waals surface area contributed by atoms with E-state index >= 15 is 0 Å². The van der Waals surface area contributed by atoms with Crippen molar-refractivity contribution in [1.82, 2.24) is 5.32 Å². The molecule has 3 N–H and O–H groups in total. The largest absolute Gasteiger partial charge is 0.492 e. The van der Waals surface area contributed by atoms with Crippen molar-refractivity contribution in [1.29, 1.82) is 0 Å². The third-order valence-electron chi connectivity index (χ3n) is 3.40. The molecule has 0 heterocycles.